The van der Waals surface area contributed by atoms with Crippen LogP contribution in [0, 0.1) is 23.7 Å². The van der Waals surface area contributed by atoms with Gasteiger partial charge in [0.1, 0.15) is 0 Å². The maximum atomic E-state index is 11.5. The number of carboxylic acids is 2. The van der Waals surface area contributed by atoms with E-state index < -0.39 is 41.1 Å². The number of ether oxygens (including phenoxy) is 1. The molecule has 0 aromatic carbocycles. The molecule has 6 atom stereocenters. The van der Waals surface area contributed by atoms with E-state index in [1.165, 1.54) is 0 Å². The standard InChI is InChI=1S/C10H13Cl3O3.C7H12O4.CH4.3ClH.H2O/c1-4(11)8(9(13)5(2)12)6-3-7(14)16-10(6)15;1-4(2)5(7(10)11)3-6(8)9;;;;;/h4-6,8-9H,3H2,1-2H3;4-5H,3H2,1-2H3,(H,8,9)(H,10,11);1H4;3*1H;1H2. The van der Waals surface area contributed by atoms with Crippen molar-refractivity contribution in [3.05, 3.63) is 0 Å². The lowest BCUT2D eigenvalue weighted by Gasteiger charge is -2.28. The van der Waals surface area contributed by atoms with Crippen LogP contribution < -0.4 is 0 Å². The first-order valence-electron chi connectivity index (χ1n) is 8.40. The highest BCUT2D eigenvalue weighted by Gasteiger charge is 2.45. The number of aliphatic carboxylic acids is 2. The molecule has 0 saturated carbocycles. The normalized spacial score (nSPS) is 18.7. The number of halogens is 6. The second-order valence-corrected chi connectivity index (χ2v) is 8.65. The summed E-state index contributed by atoms with van der Waals surface area (Å²) in [5.41, 5.74) is 0. The molecule has 6 unspecified atom stereocenters. The average molecular weight is 591 g/mol. The summed E-state index contributed by atoms with van der Waals surface area (Å²) in [6.45, 7) is 6.86. The predicted molar refractivity (Wildman–Crippen MR) is 133 cm³/mol. The van der Waals surface area contributed by atoms with Crippen molar-refractivity contribution in [1.29, 1.82) is 0 Å². The van der Waals surface area contributed by atoms with Crippen molar-refractivity contribution in [3.63, 3.8) is 0 Å². The zero-order valence-electron chi connectivity index (χ0n) is 17.2. The lowest BCUT2D eigenvalue weighted by atomic mass is 9.84. The number of esters is 2. The van der Waals surface area contributed by atoms with Crippen LogP contribution in [0.3, 0.4) is 0 Å². The van der Waals surface area contributed by atoms with Gasteiger partial charge in [0.25, 0.3) is 0 Å². The molecule has 32 heavy (non-hydrogen) atoms. The lowest BCUT2D eigenvalue weighted by molar-refractivity contribution is -0.153. The molecule has 0 aliphatic carbocycles. The summed E-state index contributed by atoms with van der Waals surface area (Å²) in [5.74, 6) is -5.03. The zero-order chi connectivity index (χ0) is 21.5. The maximum absolute atomic E-state index is 11.5. The van der Waals surface area contributed by atoms with Gasteiger partial charge in [0.2, 0.25) is 0 Å². The summed E-state index contributed by atoms with van der Waals surface area (Å²) in [7, 11) is 0. The SMILES string of the molecule is C.CC(C)C(CC(=O)O)C(=O)O.CC(Cl)C(Cl)C(C(C)Cl)C1CC(=O)OC1=O.Cl.Cl.Cl.O. The number of carbonyl (C=O) groups excluding carboxylic acids is 2. The molecule has 0 aromatic rings. The number of hydrogen-bond acceptors (Lipinski definition) is 5. The number of carboxylic acid groups (broad SMARTS) is 2. The molecular formula is C18H34Cl6O8. The van der Waals surface area contributed by atoms with Crippen molar-refractivity contribution in [2.24, 2.45) is 23.7 Å². The third-order valence-corrected chi connectivity index (χ3v) is 5.58. The number of alkyl halides is 3. The van der Waals surface area contributed by atoms with Gasteiger partial charge < -0.3 is 20.4 Å². The first-order chi connectivity index (χ1) is 12.3. The molecule has 0 radical (unpaired) electrons. The molecule has 1 aliphatic rings. The van der Waals surface area contributed by atoms with Crippen LogP contribution in [-0.2, 0) is 23.9 Å². The minimum atomic E-state index is -1.06. The molecule has 0 amide bonds. The summed E-state index contributed by atoms with van der Waals surface area (Å²) in [6, 6.07) is 0. The van der Waals surface area contributed by atoms with Gasteiger partial charge in [-0.3, -0.25) is 19.2 Å². The van der Waals surface area contributed by atoms with E-state index in [0.717, 1.165) is 0 Å². The number of carbonyl (C=O) groups is 4. The molecule has 1 aliphatic heterocycles. The molecule has 14 heteroatoms. The Labute approximate surface area is 222 Å². The monoisotopic (exact) mass is 588 g/mol. The number of cyclic esters (lactones) is 2. The molecule has 0 aromatic heterocycles. The minimum Gasteiger partial charge on any atom is -0.481 e. The van der Waals surface area contributed by atoms with Crippen molar-refractivity contribution < 1.29 is 39.6 Å². The fraction of sp³-hybridized carbons (Fsp3) is 0.778. The molecule has 4 N–H and O–H groups in total. The molecule has 196 valence electrons. The van der Waals surface area contributed by atoms with Gasteiger partial charge >= 0.3 is 23.9 Å². The fourth-order valence-corrected chi connectivity index (χ4v) is 3.65. The van der Waals surface area contributed by atoms with E-state index in [2.05, 4.69) is 4.74 Å². The Morgan fingerprint density at radius 2 is 1.44 bits per heavy atom. The number of hydrogen-bond donors (Lipinski definition) is 2. The second kappa shape index (κ2) is 21.3. The Bertz CT molecular complexity index is 560. The van der Waals surface area contributed by atoms with Gasteiger partial charge in [-0.15, -0.1) is 72.0 Å². The van der Waals surface area contributed by atoms with Crippen LogP contribution in [0.5, 0.6) is 0 Å². The summed E-state index contributed by atoms with van der Waals surface area (Å²) < 4.78 is 4.50. The van der Waals surface area contributed by atoms with Crippen molar-refractivity contribution in [1.82, 2.24) is 0 Å². The third-order valence-electron chi connectivity index (χ3n) is 4.22. The number of rotatable bonds is 8. The molecule has 1 heterocycles. The summed E-state index contributed by atoms with van der Waals surface area (Å²) in [5, 5.41) is 15.7. The van der Waals surface area contributed by atoms with E-state index in [9.17, 15) is 19.2 Å². The summed E-state index contributed by atoms with van der Waals surface area (Å²) in [6.07, 6.45) is -0.264. The molecule has 8 nitrogen and oxygen atoms in total. The quantitative estimate of drug-likeness (QED) is 0.241. The van der Waals surface area contributed by atoms with Crippen LogP contribution in [0.25, 0.3) is 0 Å². The molecule has 0 bridgehead atoms. The van der Waals surface area contributed by atoms with Crippen LogP contribution in [0.4, 0.5) is 0 Å². The average Bonchev–Trinajstić information content (AvgIpc) is 2.82. The smallest absolute Gasteiger partial charge is 0.317 e. The molecule has 0 spiro atoms. The molecule has 1 saturated heterocycles. The largest absolute Gasteiger partial charge is 0.481 e. The lowest BCUT2D eigenvalue weighted by Crippen LogP contribution is -2.37. The molecule has 1 rings (SSSR count). The van der Waals surface area contributed by atoms with Crippen LogP contribution in [0.15, 0.2) is 0 Å². The summed E-state index contributed by atoms with van der Waals surface area (Å²) >= 11 is 18.0. The summed E-state index contributed by atoms with van der Waals surface area (Å²) in [4.78, 5) is 43.0. The van der Waals surface area contributed by atoms with E-state index in [-0.39, 0.29) is 85.6 Å². The third kappa shape index (κ3) is 15.6. The van der Waals surface area contributed by atoms with E-state index in [4.69, 9.17) is 45.0 Å². The van der Waals surface area contributed by atoms with Gasteiger partial charge in [-0.1, -0.05) is 21.3 Å². The van der Waals surface area contributed by atoms with Crippen molar-refractivity contribution in [3.8, 4) is 0 Å². The molecule has 1 fully saturated rings. The van der Waals surface area contributed by atoms with Gasteiger partial charge in [-0.25, -0.2) is 0 Å². The van der Waals surface area contributed by atoms with Crippen molar-refractivity contribution in [2.75, 3.05) is 0 Å². The van der Waals surface area contributed by atoms with E-state index >= 15 is 0 Å². The van der Waals surface area contributed by atoms with Gasteiger partial charge in [-0.05, 0) is 19.8 Å². The van der Waals surface area contributed by atoms with E-state index in [1.807, 2.05) is 0 Å². The van der Waals surface area contributed by atoms with Crippen LogP contribution in [-0.4, -0.2) is 55.7 Å². The fourth-order valence-electron chi connectivity index (χ4n) is 2.68. The van der Waals surface area contributed by atoms with Crippen molar-refractivity contribution in [2.45, 2.75) is 64.1 Å². The van der Waals surface area contributed by atoms with Gasteiger partial charge in [-0.2, -0.15) is 0 Å². The van der Waals surface area contributed by atoms with Crippen LogP contribution in [0.2, 0.25) is 0 Å². The van der Waals surface area contributed by atoms with Crippen LogP contribution >= 0.6 is 72.0 Å². The Morgan fingerprint density at radius 3 is 1.62 bits per heavy atom. The topological polar surface area (TPSA) is 149 Å². The Kier molecular flexibility index (Phi) is 30.2. The Balaban J connectivity index is -0.0000000960. The van der Waals surface area contributed by atoms with E-state index in [1.54, 1.807) is 27.7 Å². The first kappa shape index (κ1) is 45.3. The van der Waals surface area contributed by atoms with Crippen molar-refractivity contribution >= 4 is 95.9 Å². The minimum absolute atomic E-state index is 0. The van der Waals surface area contributed by atoms with E-state index in [0.29, 0.717) is 0 Å². The second-order valence-electron chi connectivity index (χ2n) is 6.77. The highest BCUT2D eigenvalue weighted by molar-refractivity contribution is 6.30. The van der Waals surface area contributed by atoms with Gasteiger partial charge in [0.15, 0.2) is 0 Å². The van der Waals surface area contributed by atoms with Gasteiger partial charge in [0.05, 0.1) is 30.1 Å². The molecular weight excluding hydrogens is 557 g/mol. The predicted octanol–water partition coefficient (Wildman–Crippen LogP) is 4.45. The first-order valence-corrected chi connectivity index (χ1v) is 9.71. The van der Waals surface area contributed by atoms with Crippen LogP contribution in [0.1, 0.15) is 48.0 Å². The maximum Gasteiger partial charge on any atom is 0.317 e. The Morgan fingerprint density at radius 1 is 1.00 bits per heavy atom. The zero-order valence-corrected chi connectivity index (χ0v) is 22.0. The highest BCUT2D eigenvalue weighted by atomic mass is 35.5. The highest BCUT2D eigenvalue weighted by Crippen LogP contribution is 2.36. The Hall–Kier alpha value is -0.220. The van der Waals surface area contributed by atoms with Gasteiger partial charge in [0, 0.05) is 16.7 Å².